The molecule has 20 heavy (non-hydrogen) atoms. The molecule has 1 amide bonds. The van der Waals surface area contributed by atoms with Crippen molar-refractivity contribution in [2.24, 2.45) is 0 Å². The number of amides is 1. The van der Waals surface area contributed by atoms with Crippen LogP contribution in [0.1, 0.15) is 38.3 Å². The Morgan fingerprint density at radius 2 is 2.00 bits per heavy atom. The summed E-state index contributed by atoms with van der Waals surface area (Å²) in [7, 11) is 0. The molecule has 0 saturated heterocycles. The van der Waals surface area contributed by atoms with E-state index in [0.29, 0.717) is 6.54 Å². The number of rotatable bonds is 4. The molecule has 0 fully saturated rings. The van der Waals surface area contributed by atoms with E-state index >= 15 is 0 Å². The van der Waals surface area contributed by atoms with Crippen molar-refractivity contribution in [3.8, 4) is 12.3 Å². The van der Waals surface area contributed by atoms with Gasteiger partial charge in [0.05, 0.1) is 0 Å². The zero-order valence-electron chi connectivity index (χ0n) is 12.3. The summed E-state index contributed by atoms with van der Waals surface area (Å²) in [6, 6.07) is 7.73. The molecule has 1 N–H and O–H groups in total. The molecule has 1 aromatic rings. The molecule has 0 aliphatic rings. The molecule has 0 aliphatic carbocycles. The van der Waals surface area contributed by atoms with E-state index in [-0.39, 0.29) is 6.09 Å². The summed E-state index contributed by atoms with van der Waals surface area (Å²) in [4.78, 5) is 11.4. The van der Waals surface area contributed by atoms with Gasteiger partial charge in [0.15, 0.2) is 0 Å². The largest absolute Gasteiger partial charge is 0.444 e. The smallest absolute Gasteiger partial charge is 0.407 e. The van der Waals surface area contributed by atoms with Crippen molar-refractivity contribution in [2.45, 2.75) is 32.8 Å². The van der Waals surface area contributed by atoms with Gasteiger partial charge in [-0.1, -0.05) is 30.2 Å². The normalized spacial score (nSPS) is 11.1. The van der Waals surface area contributed by atoms with Gasteiger partial charge in [-0.05, 0) is 44.9 Å². The van der Waals surface area contributed by atoms with Crippen molar-refractivity contribution >= 4 is 12.2 Å². The molecule has 0 bridgehead atoms. The lowest BCUT2D eigenvalue weighted by Gasteiger charge is -2.19. The van der Waals surface area contributed by atoms with Crippen LogP contribution >= 0.6 is 0 Å². The Morgan fingerprint density at radius 3 is 2.55 bits per heavy atom. The molecule has 1 rings (SSSR count). The van der Waals surface area contributed by atoms with Gasteiger partial charge in [0.25, 0.3) is 0 Å². The van der Waals surface area contributed by atoms with Gasteiger partial charge in [-0.15, -0.1) is 6.42 Å². The topological polar surface area (TPSA) is 38.3 Å². The van der Waals surface area contributed by atoms with Gasteiger partial charge in [0.1, 0.15) is 5.60 Å². The van der Waals surface area contributed by atoms with Gasteiger partial charge < -0.3 is 10.1 Å². The quantitative estimate of drug-likeness (QED) is 0.671. The van der Waals surface area contributed by atoms with Crippen LogP contribution in [0, 0.1) is 12.3 Å². The van der Waals surface area contributed by atoms with Crippen LogP contribution in [0.25, 0.3) is 6.08 Å². The minimum Gasteiger partial charge on any atom is -0.444 e. The Balaban J connectivity index is 2.28. The number of hydrogen-bond donors (Lipinski definition) is 1. The van der Waals surface area contributed by atoms with Crippen molar-refractivity contribution in [3.63, 3.8) is 0 Å². The van der Waals surface area contributed by atoms with E-state index in [0.717, 1.165) is 17.5 Å². The molecular formula is C17H21NO2. The van der Waals surface area contributed by atoms with Gasteiger partial charge in [-0.2, -0.15) is 0 Å². The average molecular weight is 271 g/mol. The lowest BCUT2D eigenvalue weighted by Crippen LogP contribution is -2.32. The molecule has 3 heteroatoms. The molecule has 3 nitrogen and oxygen atoms in total. The first-order chi connectivity index (χ1) is 9.40. The molecular weight excluding hydrogens is 250 g/mol. The van der Waals surface area contributed by atoms with Gasteiger partial charge in [-0.3, -0.25) is 0 Å². The highest BCUT2D eigenvalue weighted by atomic mass is 16.6. The minimum absolute atomic E-state index is 0.385. The van der Waals surface area contributed by atoms with E-state index in [9.17, 15) is 4.79 Å². The monoisotopic (exact) mass is 271 g/mol. The molecule has 0 atom stereocenters. The molecule has 0 aromatic heterocycles. The fourth-order valence-electron chi connectivity index (χ4n) is 1.48. The second-order valence-electron chi connectivity index (χ2n) is 5.39. The van der Waals surface area contributed by atoms with Crippen LogP contribution in [0.2, 0.25) is 0 Å². The molecule has 0 heterocycles. The molecule has 0 spiro atoms. The molecule has 0 saturated carbocycles. The average Bonchev–Trinajstić information content (AvgIpc) is 2.37. The van der Waals surface area contributed by atoms with Crippen LogP contribution < -0.4 is 5.32 Å². The standard InChI is InChI=1S/C17H21NO2/c1-5-14-9-11-15(12-10-14)8-6-7-13-18-16(19)20-17(2,3)4/h1,6,8-12H,7,13H2,2-4H3,(H,18,19). The maximum absolute atomic E-state index is 11.4. The van der Waals surface area contributed by atoms with Gasteiger partial charge in [-0.25, -0.2) is 4.79 Å². The van der Waals surface area contributed by atoms with Crippen molar-refractivity contribution in [1.82, 2.24) is 5.32 Å². The number of terminal acetylenes is 1. The van der Waals surface area contributed by atoms with E-state index in [1.54, 1.807) is 0 Å². The van der Waals surface area contributed by atoms with Crippen LogP contribution in [0.4, 0.5) is 4.79 Å². The maximum atomic E-state index is 11.4. The second kappa shape index (κ2) is 7.40. The van der Waals surface area contributed by atoms with Crippen LogP contribution in [-0.4, -0.2) is 18.2 Å². The van der Waals surface area contributed by atoms with E-state index < -0.39 is 5.60 Å². The third-order valence-corrected chi connectivity index (χ3v) is 2.37. The van der Waals surface area contributed by atoms with Gasteiger partial charge in [0.2, 0.25) is 0 Å². The predicted octanol–water partition coefficient (Wildman–Crippen LogP) is 3.60. The van der Waals surface area contributed by atoms with Gasteiger partial charge in [0, 0.05) is 12.1 Å². The second-order valence-corrected chi connectivity index (χ2v) is 5.39. The third-order valence-electron chi connectivity index (χ3n) is 2.37. The lowest BCUT2D eigenvalue weighted by atomic mass is 10.1. The van der Waals surface area contributed by atoms with Crippen LogP contribution in [0.15, 0.2) is 30.3 Å². The number of benzene rings is 1. The molecule has 1 aromatic carbocycles. The van der Waals surface area contributed by atoms with Crippen LogP contribution in [0.3, 0.4) is 0 Å². The first-order valence-electron chi connectivity index (χ1n) is 6.61. The van der Waals surface area contributed by atoms with Crippen molar-refractivity contribution in [3.05, 3.63) is 41.5 Å². The summed E-state index contributed by atoms with van der Waals surface area (Å²) in [6.07, 6.45) is 9.65. The molecule has 0 unspecified atom stereocenters. The van der Waals surface area contributed by atoms with Gasteiger partial charge >= 0.3 is 6.09 Å². The number of carbonyl (C=O) groups excluding carboxylic acids is 1. The fraction of sp³-hybridized carbons (Fsp3) is 0.353. The highest BCUT2D eigenvalue weighted by Crippen LogP contribution is 2.07. The molecule has 0 radical (unpaired) electrons. The number of alkyl carbamates (subject to hydrolysis) is 1. The Kier molecular flexibility index (Phi) is 5.86. The molecule has 0 aliphatic heterocycles. The van der Waals surface area contributed by atoms with E-state index in [2.05, 4.69) is 11.2 Å². The Hall–Kier alpha value is -2.21. The first kappa shape index (κ1) is 15.8. The third kappa shape index (κ3) is 6.65. The highest BCUT2D eigenvalue weighted by molar-refractivity contribution is 5.67. The van der Waals surface area contributed by atoms with E-state index in [1.807, 2.05) is 57.2 Å². The van der Waals surface area contributed by atoms with Crippen LogP contribution in [-0.2, 0) is 4.74 Å². The number of ether oxygens (including phenoxy) is 1. The van der Waals surface area contributed by atoms with E-state index in [1.165, 1.54) is 0 Å². The SMILES string of the molecule is C#Cc1ccc(C=CCCNC(=O)OC(C)(C)C)cc1. The summed E-state index contributed by atoms with van der Waals surface area (Å²) >= 11 is 0. The summed E-state index contributed by atoms with van der Waals surface area (Å²) in [5.41, 5.74) is 1.49. The summed E-state index contributed by atoms with van der Waals surface area (Å²) < 4.78 is 5.14. The summed E-state index contributed by atoms with van der Waals surface area (Å²) in [5.74, 6) is 2.58. The van der Waals surface area contributed by atoms with Crippen molar-refractivity contribution in [2.75, 3.05) is 6.54 Å². The zero-order valence-corrected chi connectivity index (χ0v) is 12.3. The fourth-order valence-corrected chi connectivity index (χ4v) is 1.48. The highest BCUT2D eigenvalue weighted by Gasteiger charge is 2.14. The zero-order chi connectivity index (χ0) is 15.0. The Bertz CT molecular complexity index is 501. The Labute approximate surface area is 121 Å². The minimum atomic E-state index is -0.460. The van der Waals surface area contributed by atoms with Crippen molar-refractivity contribution in [1.29, 1.82) is 0 Å². The Morgan fingerprint density at radius 1 is 1.35 bits per heavy atom. The maximum Gasteiger partial charge on any atom is 0.407 e. The van der Waals surface area contributed by atoms with E-state index in [4.69, 9.17) is 11.2 Å². The molecule has 106 valence electrons. The summed E-state index contributed by atoms with van der Waals surface area (Å²) in [6.45, 7) is 6.07. The number of hydrogen-bond acceptors (Lipinski definition) is 2. The predicted molar refractivity (Wildman–Crippen MR) is 82.3 cm³/mol. The number of nitrogens with one attached hydrogen (secondary N) is 1. The van der Waals surface area contributed by atoms with Crippen LogP contribution in [0.5, 0.6) is 0 Å². The summed E-state index contributed by atoms with van der Waals surface area (Å²) in [5, 5.41) is 2.70. The van der Waals surface area contributed by atoms with Crippen molar-refractivity contribution < 1.29 is 9.53 Å². The number of carbonyl (C=O) groups is 1. The lowest BCUT2D eigenvalue weighted by molar-refractivity contribution is 0.0529. The first-order valence-corrected chi connectivity index (χ1v) is 6.61.